The predicted molar refractivity (Wildman–Crippen MR) is 152 cm³/mol. The second kappa shape index (κ2) is 33.2. The molecule has 0 saturated carbocycles. The summed E-state index contributed by atoms with van der Waals surface area (Å²) >= 11 is 0. The standard InChI is InChI=1S/C19H43N9.3C2H4O2/c20-17(21)26-13-9-5-1-3-7-11-15-28(19(24)25)16-12-8-4-2-6-10-14-27-18(22)23;3*1-2(3)4/h1-16H2,(H3,24,25)(H4,20,21,26)(H4,22,23,27);3*1H3,(H,3,4)/p-3. The Labute approximate surface area is 238 Å². The number of nitrogens with one attached hydrogen (secondary N) is 1. The van der Waals surface area contributed by atoms with E-state index in [1.807, 2.05) is 4.90 Å². The molecule has 0 aliphatic heterocycles. The van der Waals surface area contributed by atoms with E-state index in [0.717, 1.165) is 85.5 Å². The Kier molecular flexibility index (Phi) is 36.0. The molecular weight excluding hydrogens is 522 g/mol. The fraction of sp³-hybridized carbons (Fsp3) is 0.760. The average molecular weight is 575 g/mol. The third-order valence-electron chi connectivity index (χ3n) is 4.60. The fourth-order valence-corrected chi connectivity index (χ4v) is 3.01. The molecule has 0 spiro atoms. The molecule has 0 radical (unpaired) electrons. The Hall–Kier alpha value is -3.78. The number of nitrogens with two attached hydrogens (primary N) is 5. The summed E-state index contributed by atoms with van der Waals surface area (Å²) in [5.74, 6) is -2.71. The van der Waals surface area contributed by atoms with Crippen LogP contribution in [0.15, 0.2) is 9.98 Å². The van der Waals surface area contributed by atoms with Crippen molar-refractivity contribution in [3.63, 3.8) is 0 Å². The number of nitrogens with zero attached hydrogens (tertiary/aromatic N) is 3. The zero-order valence-corrected chi connectivity index (χ0v) is 24.5. The molecule has 236 valence electrons. The largest absolute Gasteiger partial charge is 0.550 e. The van der Waals surface area contributed by atoms with Crippen LogP contribution >= 0.6 is 0 Å². The summed E-state index contributed by atoms with van der Waals surface area (Å²) in [7, 11) is 0. The number of unbranched alkanes of at least 4 members (excludes halogenated alkanes) is 10. The number of guanidine groups is 3. The summed E-state index contributed by atoms with van der Waals surface area (Å²) in [4.78, 5) is 36.6. The van der Waals surface area contributed by atoms with Gasteiger partial charge in [-0.25, -0.2) is 0 Å². The lowest BCUT2D eigenvalue weighted by Gasteiger charge is -2.22. The number of aliphatic imine (C=N–C) groups is 2. The summed E-state index contributed by atoms with van der Waals surface area (Å²) in [6.07, 6.45) is 13.7. The predicted octanol–water partition coefficient (Wildman–Crippen LogP) is -2.32. The number of hydrogen-bond donors (Lipinski definition) is 6. The van der Waals surface area contributed by atoms with Gasteiger partial charge in [0.2, 0.25) is 0 Å². The summed E-state index contributed by atoms with van der Waals surface area (Å²) in [6, 6.07) is 0. The molecule has 0 aromatic rings. The summed E-state index contributed by atoms with van der Waals surface area (Å²) < 4.78 is 0. The molecule has 11 N–H and O–H groups in total. The lowest BCUT2D eigenvalue weighted by Crippen LogP contribution is -2.37. The molecule has 0 bridgehead atoms. The normalized spacial score (nSPS) is 9.18. The Morgan fingerprint density at radius 2 is 0.775 bits per heavy atom. The monoisotopic (exact) mass is 574 g/mol. The highest BCUT2D eigenvalue weighted by molar-refractivity contribution is 5.76. The molecule has 0 unspecified atom stereocenters. The maximum atomic E-state index is 8.89. The summed E-state index contributed by atoms with van der Waals surface area (Å²) in [6.45, 7) is 6.11. The van der Waals surface area contributed by atoms with Gasteiger partial charge in [-0.15, -0.1) is 0 Å². The maximum absolute atomic E-state index is 8.89. The zero-order chi connectivity index (χ0) is 31.8. The summed E-state index contributed by atoms with van der Waals surface area (Å²) in [5.41, 5.74) is 26.9. The van der Waals surface area contributed by atoms with Gasteiger partial charge >= 0.3 is 0 Å². The van der Waals surface area contributed by atoms with Crippen LogP contribution in [-0.2, 0) is 14.4 Å². The molecule has 0 aliphatic carbocycles. The van der Waals surface area contributed by atoms with E-state index in [1.54, 1.807) is 0 Å². The first-order valence-corrected chi connectivity index (χ1v) is 13.4. The molecule has 0 amide bonds. The van der Waals surface area contributed by atoms with E-state index < -0.39 is 17.9 Å². The Morgan fingerprint density at radius 3 is 1.00 bits per heavy atom. The average Bonchev–Trinajstić information content (AvgIpc) is 2.78. The number of hydrogen-bond acceptors (Lipinski definition) is 9. The van der Waals surface area contributed by atoms with E-state index in [0.29, 0.717) is 0 Å². The van der Waals surface area contributed by atoms with Crippen LogP contribution in [-0.4, -0.2) is 66.9 Å². The van der Waals surface area contributed by atoms with Crippen LogP contribution in [0.5, 0.6) is 0 Å². The lowest BCUT2D eigenvalue weighted by molar-refractivity contribution is -0.303. The maximum Gasteiger partial charge on any atom is 0.188 e. The SMILES string of the molecule is CC(=O)[O-].CC(=O)[O-].CC(=O)[O-].N=C(N)N(CCCCCCCCN=C(N)N)CCCCCCCCN=C(N)N. The molecule has 0 aliphatic rings. The molecule has 0 aromatic heterocycles. The topological polar surface area (TPSA) is 302 Å². The minimum atomic E-state index is -1.08. The molecule has 0 heterocycles. The Bertz CT molecular complexity index is 636. The first kappa shape index (κ1) is 43.3. The van der Waals surface area contributed by atoms with Gasteiger partial charge in [0.15, 0.2) is 17.9 Å². The quantitative estimate of drug-likeness (QED) is 0.0570. The van der Waals surface area contributed by atoms with Crippen LogP contribution in [0.25, 0.3) is 0 Å². The van der Waals surface area contributed by atoms with Crippen molar-refractivity contribution in [2.45, 2.75) is 97.8 Å². The molecule has 0 saturated heterocycles. The van der Waals surface area contributed by atoms with Crippen LogP contribution in [0.1, 0.15) is 97.8 Å². The van der Waals surface area contributed by atoms with Crippen molar-refractivity contribution in [2.24, 2.45) is 38.7 Å². The van der Waals surface area contributed by atoms with Crippen molar-refractivity contribution in [2.75, 3.05) is 26.2 Å². The van der Waals surface area contributed by atoms with Gasteiger partial charge in [0, 0.05) is 44.1 Å². The molecule has 40 heavy (non-hydrogen) atoms. The number of aliphatic carboxylic acids is 3. The lowest BCUT2D eigenvalue weighted by atomic mass is 10.1. The second-order valence-corrected chi connectivity index (χ2v) is 8.70. The highest BCUT2D eigenvalue weighted by Gasteiger charge is 2.05. The fourth-order valence-electron chi connectivity index (χ4n) is 3.01. The second-order valence-electron chi connectivity index (χ2n) is 8.70. The van der Waals surface area contributed by atoms with E-state index in [9.17, 15) is 0 Å². The molecule has 15 heteroatoms. The van der Waals surface area contributed by atoms with Crippen LogP contribution in [0.3, 0.4) is 0 Å². The number of carbonyl (C=O) groups excluding carboxylic acids is 3. The highest BCUT2D eigenvalue weighted by Crippen LogP contribution is 2.09. The van der Waals surface area contributed by atoms with Crippen molar-refractivity contribution in [3.8, 4) is 0 Å². The van der Waals surface area contributed by atoms with Crippen LogP contribution < -0.4 is 44.0 Å². The van der Waals surface area contributed by atoms with Gasteiger partial charge in [-0.05, 0) is 46.5 Å². The van der Waals surface area contributed by atoms with Crippen molar-refractivity contribution < 1.29 is 29.7 Å². The van der Waals surface area contributed by atoms with Gasteiger partial charge in [-0.3, -0.25) is 15.4 Å². The van der Waals surface area contributed by atoms with Crippen LogP contribution in [0.4, 0.5) is 0 Å². The van der Waals surface area contributed by atoms with E-state index in [4.69, 9.17) is 63.8 Å². The minimum absolute atomic E-state index is 0.173. The third kappa shape index (κ3) is 64.4. The van der Waals surface area contributed by atoms with E-state index >= 15 is 0 Å². The van der Waals surface area contributed by atoms with Crippen LogP contribution in [0, 0.1) is 5.41 Å². The number of carboxylic acids is 3. The van der Waals surface area contributed by atoms with Gasteiger partial charge in [0.1, 0.15) is 0 Å². The van der Waals surface area contributed by atoms with E-state index in [-0.39, 0.29) is 17.9 Å². The van der Waals surface area contributed by atoms with Gasteiger partial charge in [-0.1, -0.05) is 51.4 Å². The Balaban J connectivity index is -0.000000450. The number of carbonyl (C=O) groups is 3. The smallest absolute Gasteiger partial charge is 0.188 e. The molecular formula is C25H52N9O6-3. The van der Waals surface area contributed by atoms with Crippen LogP contribution in [0.2, 0.25) is 0 Å². The van der Waals surface area contributed by atoms with Crippen molar-refractivity contribution in [1.82, 2.24) is 4.90 Å². The molecule has 0 fully saturated rings. The van der Waals surface area contributed by atoms with Gasteiger partial charge in [0.25, 0.3) is 0 Å². The molecule has 15 nitrogen and oxygen atoms in total. The van der Waals surface area contributed by atoms with Gasteiger partial charge in [0.05, 0.1) is 0 Å². The summed E-state index contributed by atoms with van der Waals surface area (Å²) in [5, 5.41) is 34.4. The zero-order valence-electron chi connectivity index (χ0n) is 24.5. The number of rotatable bonds is 18. The van der Waals surface area contributed by atoms with Gasteiger partial charge < -0.3 is 63.3 Å². The van der Waals surface area contributed by atoms with Gasteiger partial charge in [-0.2, -0.15) is 0 Å². The van der Waals surface area contributed by atoms with Crippen molar-refractivity contribution in [3.05, 3.63) is 0 Å². The third-order valence-corrected chi connectivity index (χ3v) is 4.60. The molecule has 0 rings (SSSR count). The minimum Gasteiger partial charge on any atom is -0.550 e. The van der Waals surface area contributed by atoms with E-state index in [1.165, 1.54) is 38.5 Å². The first-order valence-electron chi connectivity index (χ1n) is 13.4. The Morgan fingerprint density at radius 1 is 0.550 bits per heavy atom. The molecule has 0 atom stereocenters. The van der Waals surface area contributed by atoms with Crippen molar-refractivity contribution >= 4 is 35.8 Å². The van der Waals surface area contributed by atoms with Crippen molar-refractivity contribution in [1.29, 1.82) is 5.41 Å². The first-order chi connectivity index (χ1) is 18.6. The molecule has 0 aromatic carbocycles. The highest BCUT2D eigenvalue weighted by atomic mass is 16.4. The van der Waals surface area contributed by atoms with E-state index in [2.05, 4.69) is 9.98 Å². The number of carboxylic acid groups (broad SMARTS) is 3.